The van der Waals surface area contributed by atoms with Crippen LogP contribution < -0.4 is 0 Å². The molecule has 0 fully saturated rings. The molecule has 0 aliphatic heterocycles. The monoisotopic (exact) mass is 142 g/mol. The Hall–Kier alpha value is 0.730. The van der Waals surface area contributed by atoms with E-state index in [0.29, 0.717) is 8.44 Å². The summed E-state index contributed by atoms with van der Waals surface area (Å²) in [6, 6.07) is 0. The third-order valence-corrected chi connectivity index (χ3v) is 3.85. The average molecular weight is 142 g/mol. The van der Waals surface area contributed by atoms with Gasteiger partial charge in [-0.2, -0.15) is 0 Å². The van der Waals surface area contributed by atoms with Gasteiger partial charge in [0.25, 0.3) is 0 Å². The van der Waals surface area contributed by atoms with Crippen LogP contribution >= 0.6 is 0 Å². The molecule has 0 heterocycles. The fourth-order valence-corrected chi connectivity index (χ4v) is 1.28. The molecule has 8 heavy (non-hydrogen) atoms. The molecule has 0 aliphatic carbocycles. The number of carbonyl (C=O) groups is 1. The molecule has 44 valence electrons. The Morgan fingerprint density at radius 1 is 1.88 bits per heavy atom. The zero-order valence-corrected chi connectivity index (χ0v) is 7.56. The van der Waals surface area contributed by atoms with E-state index in [-0.39, 0.29) is 0 Å². The minimum atomic E-state index is -0.648. The van der Waals surface area contributed by atoms with E-state index in [1.54, 1.807) is 0 Å². The molecule has 1 atom stereocenters. The maximum atomic E-state index is 10.00. The zero-order chi connectivity index (χ0) is 6.57. The Kier molecular flexibility index (Phi) is 5.01. The van der Waals surface area contributed by atoms with Crippen molar-refractivity contribution >= 4 is 39.8 Å². The van der Waals surface area contributed by atoms with Crippen molar-refractivity contribution in [3.8, 4) is 0 Å². The van der Waals surface area contributed by atoms with Gasteiger partial charge in [-0.3, -0.25) is 0 Å². The summed E-state index contributed by atoms with van der Waals surface area (Å²) in [5, 5.41) is 8.24. The number of hydrogen-bond donors (Lipinski definition) is 1. The van der Waals surface area contributed by atoms with Crippen molar-refractivity contribution in [2.24, 2.45) is 0 Å². The van der Waals surface area contributed by atoms with E-state index in [1.165, 1.54) is 0 Å². The van der Waals surface area contributed by atoms with Crippen LogP contribution in [0.4, 0.5) is 0 Å². The van der Waals surface area contributed by atoms with Crippen LogP contribution in [0.1, 0.15) is 13.3 Å². The number of hydrogen-bond acceptors (Lipinski definition) is 1. The zero-order valence-electron chi connectivity index (χ0n) is 5.35. The van der Waals surface area contributed by atoms with Crippen LogP contribution in [0.5, 0.6) is 0 Å². The van der Waals surface area contributed by atoms with Crippen LogP contribution in [0.25, 0.3) is 0 Å². The summed E-state index contributed by atoms with van der Waals surface area (Å²) in [7, 11) is 0. The molecule has 1 N–H and O–H groups in total. The quantitative estimate of drug-likeness (QED) is 0.597. The normalized spacial score (nSPS) is 12.2. The van der Waals surface area contributed by atoms with E-state index in [4.69, 9.17) is 5.11 Å². The van der Waals surface area contributed by atoms with Crippen molar-refractivity contribution in [1.29, 1.82) is 0 Å². The molecular formula is C5H10CaO2. The molecule has 0 saturated carbocycles. The van der Waals surface area contributed by atoms with Gasteiger partial charge >= 0.3 is 68.1 Å². The van der Waals surface area contributed by atoms with Gasteiger partial charge in [0.05, 0.1) is 0 Å². The van der Waals surface area contributed by atoms with Crippen LogP contribution in [0.15, 0.2) is 0 Å². The standard InChI is InChI=1S/C4H7O2.CH3.Ca/c1-2-3-4(5)6;;/h2H,3H2,1H3,(H,5,6);1H3;. The Morgan fingerprint density at radius 3 is 2.50 bits per heavy atom. The van der Waals surface area contributed by atoms with E-state index >= 15 is 0 Å². The average Bonchev–Trinajstić information content (AvgIpc) is 1.65. The number of carboxylic acid groups (broad SMARTS) is 1. The van der Waals surface area contributed by atoms with Crippen molar-refractivity contribution < 1.29 is 9.90 Å². The van der Waals surface area contributed by atoms with Crippen molar-refractivity contribution in [2.45, 2.75) is 18.4 Å². The molecule has 0 spiro atoms. The molecule has 0 rings (SSSR count). The van der Waals surface area contributed by atoms with E-state index in [0.717, 1.165) is 0 Å². The van der Waals surface area contributed by atoms with Crippen LogP contribution in [0, 0.1) is 0 Å². The van der Waals surface area contributed by atoms with Gasteiger partial charge in [0, 0.05) is 0 Å². The predicted molar refractivity (Wildman–Crippen MR) is 33.3 cm³/mol. The van der Waals surface area contributed by atoms with Crippen LogP contribution in [-0.4, -0.2) is 44.9 Å². The fourth-order valence-electron chi connectivity index (χ4n) is 0.442. The Balaban J connectivity index is 3.24. The summed E-state index contributed by atoms with van der Waals surface area (Å²) < 4.78 is 2.70. The van der Waals surface area contributed by atoms with Gasteiger partial charge in [-0.15, -0.1) is 0 Å². The third kappa shape index (κ3) is 4.88. The molecule has 0 aromatic rings. The van der Waals surface area contributed by atoms with Gasteiger partial charge in [-0.25, -0.2) is 0 Å². The Bertz CT molecular complexity index is 82.5. The van der Waals surface area contributed by atoms with Gasteiger partial charge in [0.1, 0.15) is 0 Å². The summed E-state index contributed by atoms with van der Waals surface area (Å²) in [6.45, 7) is 2.02. The maximum absolute atomic E-state index is 10.00. The SMILES string of the molecule is [CH3][Ca][CH](C)CC(=O)O. The number of aliphatic carboxylic acids is 1. The molecule has 1 unspecified atom stereocenters. The first-order chi connectivity index (χ1) is 3.66. The molecule has 3 heteroatoms. The van der Waals surface area contributed by atoms with Gasteiger partial charge in [-0.05, 0) is 0 Å². The number of rotatable bonds is 3. The van der Waals surface area contributed by atoms with Crippen molar-refractivity contribution in [3.05, 3.63) is 0 Å². The molecule has 0 bridgehead atoms. The van der Waals surface area contributed by atoms with Crippen molar-refractivity contribution in [2.75, 3.05) is 0 Å². The van der Waals surface area contributed by atoms with Gasteiger partial charge in [0.15, 0.2) is 0 Å². The third-order valence-electron chi connectivity index (χ3n) is 1.22. The first-order valence-electron chi connectivity index (χ1n) is 2.88. The topological polar surface area (TPSA) is 37.3 Å². The second kappa shape index (κ2) is 4.59. The van der Waals surface area contributed by atoms with Crippen molar-refractivity contribution in [1.82, 2.24) is 0 Å². The van der Waals surface area contributed by atoms with Crippen LogP contribution in [0.3, 0.4) is 0 Å². The summed E-state index contributed by atoms with van der Waals surface area (Å²) in [4.78, 5) is 10.00. The first kappa shape index (κ1) is 8.73. The van der Waals surface area contributed by atoms with E-state index in [1.807, 2.05) is 6.92 Å². The van der Waals surface area contributed by atoms with E-state index in [2.05, 4.69) is 3.02 Å². The summed E-state index contributed by atoms with van der Waals surface area (Å²) in [5.74, 6) is -0.648. The second-order valence-electron chi connectivity index (χ2n) is 2.11. The van der Waals surface area contributed by atoms with Crippen LogP contribution in [0.2, 0.25) is 5.04 Å². The summed E-state index contributed by atoms with van der Waals surface area (Å²) >= 11 is -0.448. The summed E-state index contributed by atoms with van der Waals surface area (Å²) in [5.41, 5.74) is 0. The molecule has 0 radical (unpaired) electrons. The molecular weight excluding hydrogens is 132 g/mol. The molecule has 0 saturated heterocycles. The predicted octanol–water partition coefficient (Wildman–Crippen LogP) is 1.02. The van der Waals surface area contributed by atoms with Crippen molar-refractivity contribution in [3.63, 3.8) is 0 Å². The van der Waals surface area contributed by atoms with E-state index in [9.17, 15) is 4.79 Å². The molecule has 0 aliphatic rings. The van der Waals surface area contributed by atoms with Gasteiger partial charge in [-0.1, -0.05) is 0 Å². The summed E-state index contributed by atoms with van der Waals surface area (Å²) in [6.07, 6.45) is 0.385. The first-order valence-corrected chi connectivity index (χ1v) is 6.37. The van der Waals surface area contributed by atoms with Gasteiger partial charge < -0.3 is 0 Å². The molecule has 2 nitrogen and oxygen atoms in total. The van der Waals surface area contributed by atoms with Crippen LogP contribution in [-0.2, 0) is 4.79 Å². The molecule has 0 aromatic carbocycles. The van der Waals surface area contributed by atoms with Gasteiger partial charge in [0.2, 0.25) is 0 Å². The van der Waals surface area contributed by atoms with E-state index < -0.39 is 39.8 Å². The second-order valence-corrected chi connectivity index (χ2v) is 5.56. The number of carboxylic acids is 1. The molecule has 0 amide bonds. The Labute approximate surface area is 67.6 Å². The fraction of sp³-hybridized carbons (Fsp3) is 0.800. The molecule has 0 aromatic heterocycles. The minimum absolute atomic E-state index is 0.385. The Morgan fingerprint density at radius 2 is 2.38 bits per heavy atom.